The lowest BCUT2D eigenvalue weighted by Crippen LogP contribution is -2.27. The van der Waals surface area contributed by atoms with Crippen molar-refractivity contribution >= 4 is 46.1 Å². The van der Waals surface area contributed by atoms with E-state index in [9.17, 15) is 14.4 Å². The summed E-state index contributed by atoms with van der Waals surface area (Å²) in [5.41, 5.74) is 2.56. The predicted molar refractivity (Wildman–Crippen MR) is 149 cm³/mol. The number of hydrogen-bond donors (Lipinski definition) is 2. The summed E-state index contributed by atoms with van der Waals surface area (Å²) in [6.07, 6.45) is 2.01. The summed E-state index contributed by atoms with van der Waals surface area (Å²) in [6.45, 7) is 3.06. The Morgan fingerprint density at radius 2 is 1.68 bits per heavy atom. The minimum atomic E-state index is -0.392. The molecule has 2 N–H and O–H groups in total. The highest BCUT2D eigenvalue weighted by molar-refractivity contribution is 8.00. The number of nitrogens with one attached hydrogen (secondary N) is 2. The number of carbonyl (C=O) groups is 3. The third kappa shape index (κ3) is 6.54. The number of esters is 1. The van der Waals surface area contributed by atoms with E-state index < -0.39 is 5.97 Å². The molecule has 2 amide bonds. The number of thioether (sulfide) groups is 1. The quantitative estimate of drug-likeness (QED) is 0.209. The molecule has 0 fully saturated rings. The van der Waals surface area contributed by atoms with Gasteiger partial charge in [0, 0.05) is 40.8 Å². The molecule has 0 atom stereocenters. The number of hydrogen-bond acceptors (Lipinski definition) is 6. The second-order valence-electron chi connectivity index (χ2n) is 8.29. The number of fused-ring (bicyclic) bond motifs is 1. The van der Waals surface area contributed by atoms with Crippen LogP contribution in [-0.2, 0) is 16.1 Å². The van der Waals surface area contributed by atoms with Crippen molar-refractivity contribution < 1.29 is 23.9 Å². The Hall–Kier alpha value is -4.24. The summed E-state index contributed by atoms with van der Waals surface area (Å²) < 4.78 is 12.3. The van der Waals surface area contributed by atoms with Gasteiger partial charge in [-0.2, -0.15) is 0 Å². The van der Waals surface area contributed by atoms with Crippen molar-refractivity contribution in [1.82, 2.24) is 9.88 Å². The Morgan fingerprint density at radius 1 is 0.947 bits per heavy atom. The summed E-state index contributed by atoms with van der Waals surface area (Å²) >= 11 is 1.44. The van der Waals surface area contributed by atoms with Crippen LogP contribution in [0.5, 0.6) is 5.75 Å². The van der Waals surface area contributed by atoms with Gasteiger partial charge in [0.25, 0.3) is 5.91 Å². The Balaban J connectivity index is 1.35. The zero-order valence-corrected chi connectivity index (χ0v) is 22.0. The molecular weight excluding hydrogens is 502 g/mol. The molecule has 0 radical (unpaired) electrons. The molecule has 8 nitrogen and oxygen atoms in total. The van der Waals surface area contributed by atoms with Crippen LogP contribution in [0.25, 0.3) is 10.9 Å². The second-order valence-corrected chi connectivity index (χ2v) is 9.31. The number of aromatic nitrogens is 1. The molecule has 4 rings (SSSR count). The lowest BCUT2D eigenvalue weighted by Gasteiger charge is -2.10. The summed E-state index contributed by atoms with van der Waals surface area (Å²) in [6, 6.07) is 21.7. The predicted octanol–water partition coefficient (Wildman–Crippen LogP) is 4.99. The molecule has 38 heavy (non-hydrogen) atoms. The number of nitrogens with zero attached hydrogens (tertiary/aromatic N) is 1. The number of carbonyl (C=O) groups excluding carboxylic acids is 3. The van der Waals surface area contributed by atoms with Gasteiger partial charge >= 0.3 is 5.97 Å². The molecule has 0 saturated heterocycles. The Kier molecular flexibility index (Phi) is 9.05. The van der Waals surface area contributed by atoms with Crippen molar-refractivity contribution in [1.29, 1.82) is 0 Å². The summed E-state index contributed by atoms with van der Waals surface area (Å²) in [4.78, 5) is 38.0. The minimum Gasteiger partial charge on any atom is -0.496 e. The van der Waals surface area contributed by atoms with Crippen molar-refractivity contribution in [3.63, 3.8) is 0 Å². The first-order valence-electron chi connectivity index (χ1n) is 12.2. The third-order valence-electron chi connectivity index (χ3n) is 5.78. The fraction of sp³-hybridized carbons (Fsp3) is 0.207. The van der Waals surface area contributed by atoms with Crippen LogP contribution < -0.4 is 15.4 Å². The normalized spacial score (nSPS) is 10.7. The molecule has 0 unspecified atom stereocenters. The van der Waals surface area contributed by atoms with E-state index in [2.05, 4.69) is 15.2 Å². The van der Waals surface area contributed by atoms with E-state index in [4.69, 9.17) is 9.47 Å². The highest BCUT2D eigenvalue weighted by Gasteiger charge is 2.14. The number of ether oxygens (including phenoxy) is 2. The fourth-order valence-corrected chi connectivity index (χ4v) is 4.86. The zero-order valence-electron chi connectivity index (χ0n) is 21.2. The van der Waals surface area contributed by atoms with E-state index in [0.717, 1.165) is 15.8 Å². The SMILES string of the molecule is CCOC(=O)c1ccc(NC(=O)CSc2cn(CCNC(=O)c3ccccc3OC)c3ccccc23)cc1. The molecule has 9 heteroatoms. The number of benzene rings is 3. The van der Waals surface area contributed by atoms with Crippen molar-refractivity contribution in [2.24, 2.45) is 0 Å². The summed E-state index contributed by atoms with van der Waals surface area (Å²) in [5, 5.41) is 6.85. The molecule has 196 valence electrons. The topological polar surface area (TPSA) is 98.7 Å². The summed E-state index contributed by atoms with van der Waals surface area (Å²) in [5.74, 6) is 0.0123. The number of methoxy groups -OCH3 is 1. The van der Waals surface area contributed by atoms with Gasteiger partial charge in [-0.25, -0.2) is 4.79 Å². The third-order valence-corrected chi connectivity index (χ3v) is 6.82. The highest BCUT2D eigenvalue weighted by Crippen LogP contribution is 2.30. The lowest BCUT2D eigenvalue weighted by atomic mass is 10.2. The first-order valence-corrected chi connectivity index (χ1v) is 13.2. The molecule has 0 aliphatic carbocycles. The van der Waals surface area contributed by atoms with Crippen molar-refractivity contribution in [3.05, 3.63) is 90.1 Å². The Morgan fingerprint density at radius 3 is 2.45 bits per heavy atom. The summed E-state index contributed by atoms with van der Waals surface area (Å²) in [7, 11) is 1.54. The van der Waals surface area contributed by atoms with Gasteiger partial charge in [0.1, 0.15) is 5.75 Å². The maximum Gasteiger partial charge on any atom is 0.338 e. The highest BCUT2D eigenvalue weighted by atomic mass is 32.2. The molecule has 1 heterocycles. The number of para-hydroxylation sites is 2. The molecule has 0 bridgehead atoms. The maximum atomic E-state index is 12.6. The lowest BCUT2D eigenvalue weighted by molar-refractivity contribution is -0.113. The van der Waals surface area contributed by atoms with Crippen LogP contribution in [0, 0.1) is 0 Å². The monoisotopic (exact) mass is 531 g/mol. The standard InChI is InChI=1S/C29H29N3O5S/c1-3-37-29(35)20-12-14-21(15-13-20)31-27(33)19-38-26-18-32(24-10-6-4-8-22(24)26)17-16-30-28(34)23-9-5-7-11-25(23)36-2/h4-15,18H,3,16-17,19H2,1-2H3,(H,30,34)(H,31,33). The molecule has 1 aromatic heterocycles. The van der Waals surface area contributed by atoms with Crippen LogP contribution in [0.2, 0.25) is 0 Å². The van der Waals surface area contributed by atoms with Gasteiger partial charge in [-0.1, -0.05) is 30.3 Å². The van der Waals surface area contributed by atoms with Crippen LogP contribution in [0.4, 0.5) is 5.69 Å². The van der Waals surface area contributed by atoms with Crippen LogP contribution >= 0.6 is 11.8 Å². The smallest absolute Gasteiger partial charge is 0.338 e. The van der Waals surface area contributed by atoms with Crippen LogP contribution in [0.15, 0.2) is 83.9 Å². The number of amides is 2. The number of anilines is 1. The van der Waals surface area contributed by atoms with Crippen molar-refractivity contribution in [2.45, 2.75) is 18.4 Å². The Bertz CT molecular complexity index is 1430. The van der Waals surface area contributed by atoms with Crippen LogP contribution in [0.1, 0.15) is 27.6 Å². The minimum absolute atomic E-state index is 0.153. The fourth-order valence-electron chi connectivity index (χ4n) is 3.97. The van der Waals surface area contributed by atoms with E-state index in [0.29, 0.717) is 42.3 Å². The van der Waals surface area contributed by atoms with Gasteiger partial charge in [-0.15, -0.1) is 11.8 Å². The van der Waals surface area contributed by atoms with E-state index in [1.54, 1.807) is 56.5 Å². The molecular formula is C29H29N3O5S. The zero-order chi connectivity index (χ0) is 26.9. The van der Waals surface area contributed by atoms with Crippen LogP contribution in [0.3, 0.4) is 0 Å². The van der Waals surface area contributed by atoms with Gasteiger partial charge < -0.3 is 24.7 Å². The Labute approximate surface area is 225 Å². The average molecular weight is 532 g/mol. The van der Waals surface area contributed by atoms with E-state index in [-0.39, 0.29) is 17.6 Å². The average Bonchev–Trinajstić information content (AvgIpc) is 3.30. The van der Waals surface area contributed by atoms with Crippen molar-refractivity contribution in [3.8, 4) is 5.75 Å². The first kappa shape index (κ1) is 26.8. The second kappa shape index (κ2) is 12.8. The molecule has 0 aliphatic rings. The van der Waals surface area contributed by atoms with Crippen LogP contribution in [-0.4, -0.2) is 48.4 Å². The van der Waals surface area contributed by atoms with Gasteiger partial charge in [0.05, 0.1) is 30.6 Å². The molecule has 4 aromatic rings. The maximum absolute atomic E-state index is 12.6. The molecule has 0 saturated carbocycles. The molecule has 0 spiro atoms. The van der Waals surface area contributed by atoms with Gasteiger partial charge in [-0.3, -0.25) is 9.59 Å². The van der Waals surface area contributed by atoms with E-state index >= 15 is 0 Å². The number of rotatable bonds is 11. The molecule has 0 aliphatic heterocycles. The van der Waals surface area contributed by atoms with Gasteiger partial charge in [0.15, 0.2) is 0 Å². The largest absolute Gasteiger partial charge is 0.496 e. The van der Waals surface area contributed by atoms with E-state index in [1.165, 1.54) is 11.8 Å². The first-order chi connectivity index (χ1) is 18.5. The molecule has 3 aromatic carbocycles. The van der Waals surface area contributed by atoms with Gasteiger partial charge in [-0.05, 0) is 49.4 Å². The van der Waals surface area contributed by atoms with E-state index in [1.807, 2.05) is 36.5 Å². The van der Waals surface area contributed by atoms with Gasteiger partial charge in [0.2, 0.25) is 5.91 Å². The van der Waals surface area contributed by atoms with Crippen molar-refractivity contribution in [2.75, 3.05) is 31.3 Å².